The lowest BCUT2D eigenvalue weighted by Gasteiger charge is -2.27. The van der Waals surface area contributed by atoms with E-state index < -0.39 is 35.1 Å². The van der Waals surface area contributed by atoms with Gasteiger partial charge in [-0.3, -0.25) is 29.4 Å². The highest BCUT2D eigenvalue weighted by Gasteiger charge is 2.47. The lowest BCUT2D eigenvalue weighted by Crippen LogP contribution is -2.54. The third kappa shape index (κ3) is 2.49. The number of imide groups is 2. The molecule has 0 bridgehead atoms. The molecular weight excluding hydrogens is 340 g/mol. The lowest BCUT2D eigenvalue weighted by molar-refractivity contribution is -0.136. The number of ether oxygens (including phenoxy) is 1. The van der Waals surface area contributed by atoms with Gasteiger partial charge in [-0.2, -0.15) is 0 Å². The first-order valence-corrected chi connectivity index (χ1v) is 8.39. The Hall–Kier alpha value is -3.03. The molecule has 0 spiro atoms. The van der Waals surface area contributed by atoms with Crippen LogP contribution in [-0.2, 0) is 14.4 Å². The van der Waals surface area contributed by atoms with Gasteiger partial charge in [-0.05, 0) is 31.4 Å². The van der Waals surface area contributed by atoms with Crippen LogP contribution >= 0.6 is 0 Å². The fraction of sp³-hybridized carbons (Fsp3) is 0.389. The summed E-state index contributed by atoms with van der Waals surface area (Å²) in [5, 5.41) is 2.16. The molecule has 26 heavy (non-hydrogen) atoms. The second-order valence-electron chi connectivity index (χ2n) is 6.89. The molecule has 8 nitrogen and oxygen atoms in total. The Balaban J connectivity index is 1.62. The van der Waals surface area contributed by atoms with Gasteiger partial charge in [-0.15, -0.1) is 0 Å². The standard InChI is InChI=1S/C18H16N2O6/c21-8-18(6-7-18)9-26-12-3-1-2-10-14(12)17(25)20(16(10)24)11-4-5-13(22)19-15(11)23/h1-3,8,11H,4-7,9H2,(H,19,22,23). The normalized spacial score (nSPS) is 23.5. The monoisotopic (exact) mass is 356 g/mol. The average molecular weight is 356 g/mol. The van der Waals surface area contributed by atoms with Crippen LogP contribution in [0.2, 0.25) is 0 Å². The van der Waals surface area contributed by atoms with Crippen molar-refractivity contribution in [3.63, 3.8) is 0 Å². The summed E-state index contributed by atoms with van der Waals surface area (Å²) in [6.07, 6.45) is 2.50. The Bertz CT molecular complexity index is 857. The first kappa shape index (κ1) is 16.4. The van der Waals surface area contributed by atoms with Crippen molar-refractivity contribution >= 4 is 29.9 Å². The highest BCUT2D eigenvalue weighted by Crippen LogP contribution is 2.44. The molecule has 1 aliphatic carbocycles. The van der Waals surface area contributed by atoms with Crippen molar-refractivity contribution in [1.29, 1.82) is 0 Å². The van der Waals surface area contributed by atoms with Gasteiger partial charge in [0.25, 0.3) is 11.8 Å². The van der Waals surface area contributed by atoms with E-state index in [4.69, 9.17) is 4.74 Å². The van der Waals surface area contributed by atoms with E-state index in [0.717, 1.165) is 24.0 Å². The summed E-state index contributed by atoms with van der Waals surface area (Å²) < 4.78 is 5.68. The smallest absolute Gasteiger partial charge is 0.266 e. The Morgan fingerprint density at radius 2 is 1.96 bits per heavy atom. The molecule has 1 unspecified atom stereocenters. The number of nitrogens with one attached hydrogen (secondary N) is 1. The summed E-state index contributed by atoms with van der Waals surface area (Å²) in [6.45, 7) is 0.146. The highest BCUT2D eigenvalue weighted by molar-refractivity contribution is 6.24. The molecule has 2 aliphatic heterocycles. The van der Waals surface area contributed by atoms with E-state index in [1.165, 1.54) is 6.07 Å². The summed E-state index contributed by atoms with van der Waals surface area (Å²) in [7, 11) is 0. The summed E-state index contributed by atoms with van der Waals surface area (Å²) in [5.74, 6) is -2.05. The minimum absolute atomic E-state index is 0.0645. The zero-order valence-corrected chi connectivity index (χ0v) is 13.8. The molecule has 0 radical (unpaired) electrons. The fourth-order valence-corrected chi connectivity index (χ4v) is 3.28. The number of piperidine rings is 1. The lowest BCUT2D eigenvalue weighted by atomic mass is 10.0. The van der Waals surface area contributed by atoms with Crippen LogP contribution in [-0.4, -0.2) is 47.5 Å². The molecular formula is C18H16N2O6. The number of nitrogens with zero attached hydrogens (tertiary/aromatic N) is 1. The second-order valence-corrected chi connectivity index (χ2v) is 6.89. The molecule has 4 rings (SSSR count). The van der Waals surface area contributed by atoms with Crippen LogP contribution in [0.1, 0.15) is 46.4 Å². The van der Waals surface area contributed by atoms with Crippen LogP contribution in [0.3, 0.4) is 0 Å². The molecule has 2 fully saturated rings. The highest BCUT2D eigenvalue weighted by atomic mass is 16.5. The van der Waals surface area contributed by atoms with Crippen molar-refractivity contribution < 1.29 is 28.7 Å². The van der Waals surface area contributed by atoms with Crippen LogP contribution in [0.15, 0.2) is 18.2 Å². The molecule has 4 amide bonds. The Morgan fingerprint density at radius 3 is 2.62 bits per heavy atom. The van der Waals surface area contributed by atoms with Gasteiger partial charge in [0.05, 0.1) is 16.5 Å². The number of amides is 4. The van der Waals surface area contributed by atoms with Crippen molar-refractivity contribution in [2.45, 2.75) is 31.7 Å². The summed E-state index contributed by atoms with van der Waals surface area (Å²) in [6, 6.07) is 3.64. The first-order valence-electron chi connectivity index (χ1n) is 8.39. The SMILES string of the molecule is O=CC1(COc2cccc3c2C(=O)N(C2CCC(=O)NC2=O)C3=O)CC1. The zero-order chi connectivity index (χ0) is 18.5. The molecule has 1 N–H and O–H groups in total. The van der Waals surface area contributed by atoms with E-state index in [1.54, 1.807) is 12.1 Å². The number of aldehydes is 1. The molecule has 1 saturated heterocycles. The van der Waals surface area contributed by atoms with E-state index in [9.17, 15) is 24.0 Å². The van der Waals surface area contributed by atoms with Crippen molar-refractivity contribution in [1.82, 2.24) is 10.2 Å². The van der Waals surface area contributed by atoms with Gasteiger partial charge in [0.1, 0.15) is 24.7 Å². The average Bonchev–Trinajstić information content (AvgIpc) is 3.37. The van der Waals surface area contributed by atoms with Gasteiger partial charge in [0.2, 0.25) is 11.8 Å². The molecule has 2 heterocycles. The predicted molar refractivity (Wildman–Crippen MR) is 86.3 cm³/mol. The molecule has 1 aromatic carbocycles. The predicted octanol–water partition coefficient (Wildman–Crippen LogP) is 0.446. The molecule has 1 atom stereocenters. The van der Waals surface area contributed by atoms with E-state index in [1.807, 2.05) is 0 Å². The van der Waals surface area contributed by atoms with Crippen molar-refractivity contribution in [3.8, 4) is 5.75 Å². The van der Waals surface area contributed by atoms with E-state index in [0.29, 0.717) is 0 Å². The topological polar surface area (TPSA) is 110 Å². The number of hydrogen-bond acceptors (Lipinski definition) is 6. The van der Waals surface area contributed by atoms with Crippen LogP contribution < -0.4 is 10.1 Å². The quantitative estimate of drug-likeness (QED) is 0.606. The molecule has 0 aromatic heterocycles. The van der Waals surface area contributed by atoms with Crippen molar-refractivity contribution in [2.24, 2.45) is 5.41 Å². The third-order valence-electron chi connectivity index (χ3n) is 5.09. The first-order chi connectivity index (χ1) is 12.5. The van der Waals surface area contributed by atoms with Gasteiger partial charge < -0.3 is 9.53 Å². The minimum atomic E-state index is -1.02. The number of carbonyl (C=O) groups is 5. The number of hydrogen-bond donors (Lipinski definition) is 1. The molecule has 134 valence electrons. The van der Waals surface area contributed by atoms with E-state index >= 15 is 0 Å². The molecule has 1 saturated carbocycles. The largest absolute Gasteiger partial charge is 0.492 e. The van der Waals surface area contributed by atoms with E-state index in [2.05, 4.69) is 5.32 Å². The summed E-state index contributed by atoms with van der Waals surface area (Å²) in [5.41, 5.74) is -0.241. The number of rotatable bonds is 5. The fourth-order valence-electron chi connectivity index (χ4n) is 3.28. The maximum atomic E-state index is 12.9. The van der Waals surface area contributed by atoms with E-state index in [-0.39, 0.29) is 36.3 Å². The molecule has 8 heteroatoms. The van der Waals surface area contributed by atoms with Crippen molar-refractivity contribution in [3.05, 3.63) is 29.3 Å². The Morgan fingerprint density at radius 1 is 1.19 bits per heavy atom. The van der Waals surface area contributed by atoms with Crippen molar-refractivity contribution in [2.75, 3.05) is 6.61 Å². The Labute approximate surface area is 148 Å². The molecule has 3 aliphatic rings. The number of benzene rings is 1. The van der Waals surface area contributed by atoms with Gasteiger partial charge >= 0.3 is 0 Å². The molecule has 1 aromatic rings. The maximum absolute atomic E-state index is 12.9. The number of carbonyl (C=O) groups excluding carboxylic acids is 5. The van der Waals surface area contributed by atoms with Crippen LogP contribution in [0, 0.1) is 5.41 Å². The summed E-state index contributed by atoms with van der Waals surface area (Å²) in [4.78, 5) is 60.9. The summed E-state index contributed by atoms with van der Waals surface area (Å²) >= 11 is 0. The third-order valence-corrected chi connectivity index (χ3v) is 5.09. The minimum Gasteiger partial charge on any atom is -0.492 e. The van der Waals surface area contributed by atoms with Crippen LogP contribution in [0.25, 0.3) is 0 Å². The Kier molecular flexibility index (Phi) is 3.64. The number of fused-ring (bicyclic) bond motifs is 1. The van der Waals surface area contributed by atoms with Gasteiger partial charge in [-0.1, -0.05) is 6.07 Å². The van der Waals surface area contributed by atoms with Gasteiger partial charge in [0, 0.05) is 6.42 Å². The van der Waals surface area contributed by atoms with Crippen LogP contribution in [0.5, 0.6) is 5.75 Å². The van der Waals surface area contributed by atoms with Gasteiger partial charge in [-0.25, -0.2) is 0 Å². The van der Waals surface area contributed by atoms with Crippen LogP contribution in [0.4, 0.5) is 0 Å². The second kappa shape index (κ2) is 5.76. The zero-order valence-electron chi connectivity index (χ0n) is 13.8. The van der Waals surface area contributed by atoms with Gasteiger partial charge in [0.15, 0.2) is 0 Å². The maximum Gasteiger partial charge on any atom is 0.266 e.